The number of hydrogen-bond donors (Lipinski definition) is 1. The van der Waals surface area contributed by atoms with E-state index in [1.807, 2.05) is 6.07 Å². The van der Waals surface area contributed by atoms with Crippen LogP contribution < -0.4 is 5.32 Å². The molecule has 17 heavy (non-hydrogen) atoms. The van der Waals surface area contributed by atoms with Gasteiger partial charge in [0.2, 0.25) is 0 Å². The topological polar surface area (TPSA) is 42.0 Å². The van der Waals surface area contributed by atoms with E-state index in [4.69, 9.17) is 0 Å². The van der Waals surface area contributed by atoms with Crippen LogP contribution in [-0.4, -0.2) is 22.3 Å². The van der Waals surface area contributed by atoms with Gasteiger partial charge in [-0.15, -0.1) is 0 Å². The van der Waals surface area contributed by atoms with Crippen molar-refractivity contribution < 1.29 is 4.79 Å². The molecule has 1 atom stereocenters. The minimum absolute atomic E-state index is 0.110. The van der Waals surface area contributed by atoms with E-state index >= 15 is 0 Å². The van der Waals surface area contributed by atoms with Crippen molar-refractivity contribution in [1.29, 1.82) is 0 Å². The van der Waals surface area contributed by atoms with E-state index in [0.717, 1.165) is 12.8 Å². The molecule has 0 aliphatic rings. The van der Waals surface area contributed by atoms with Gasteiger partial charge < -0.3 is 5.32 Å². The molecular weight excluding hydrogens is 280 g/mol. The predicted octanol–water partition coefficient (Wildman–Crippen LogP) is 3.01. The average Bonchev–Trinajstić information content (AvgIpc) is 2.38. The van der Waals surface area contributed by atoms with Gasteiger partial charge in [0.25, 0.3) is 5.91 Å². The van der Waals surface area contributed by atoms with Gasteiger partial charge in [-0.3, -0.25) is 9.78 Å². The molecule has 0 saturated heterocycles. The fourth-order valence-corrected chi connectivity index (χ4v) is 2.65. The van der Waals surface area contributed by atoms with Gasteiger partial charge >= 0.3 is 0 Å². The van der Waals surface area contributed by atoms with Crippen molar-refractivity contribution >= 4 is 21.8 Å². The van der Waals surface area contributed by atoms with Crippen molar-refractivity contribution in [2.45, 2.75) is 31.5 Å². The van der Waals surface area contributed by atoms with Crippen molar-refractivity contribution in [2.24, 2.45) is 5.92 Å². The lowest BCUT2D eigenvalue weighted by atomic mass is 9.99. The van der Waals surface area contributed by atoms with E-state index in [1.54, 1.807) is 18.3 Å². The smallest absolute Gasteiger partial charge is 0.269 e. The Kier molecular flexibility index (Phi) is 6.19. The predicted molar refractivity (Wildman–Crippen MR) is 73.4 cm³/mol. The summed E-state index contributed by atoms with van der Waals surface area (Å²) in [6, 6.07) is 5.33. The first-order valence-electron chi connectivity index (χ1n) is 6.02. The summed E-state index contributed by atoms with van der Waals surface area (Å²) in [5.74, 6) is 0.486. The summed E-state index contributed by atoms with van der Waals surface area (Å²) in [4.78, 5) is 16.1. The van der Waals surface area contributed by atoms with Gasteiger partial charge in [0.15, 0.2) is 0 Å². The van der Waals surface area contributed by atoms with Crippen molar-refractivity contribution in [3.63, 3.8) is 0 Å². The van der Waals surface area contributed by atoms with Gasteiger partial charge in [-0.1, -0.05) is 48.7 Å². The fourth-order valence-electron chi connectivity index (χ4n) is 1.74. The van der Waals surface area contributed by atoms with Crippen LogP contribution in [0.15, 0.2) is 24.4 Å². The molecule has 1 N–H and O–H groups in total. The van der Waals surface area contributed by atoms with Crippen molar-refractivity contribution in [2.75, 3.05) is 6.54 Å². The van der Waals surface area contributed by atoms with Gasteiger partial charge in [-0.25, -0.2) is 0 Å². The van der Waals surface area contributed by atoms with Crippen LogP contribution in [0.25, 0.3) is 0 Å². The summed E-state index contributed by atoms with van der Waals surface area (Å²) < 4.78 is 0. The number of halogens is 1. The molecule has 1 aromatic heterocycles. The van der Waals surface area contributed by atoms with Gasteiger partial charge in [0.05, 0.1) is 0 Å². The maximum absolute atomic E-state index is 11.8. The summed E-state index contributed by atoms with van der Waals surface area (Å²) in [6.45, 7) is 4.98. The van der Waals surface area contributed by atoms with Gasteiger partial charge in [-0.05, 0) is 18.1 Å². The van der Waals surface area contributed by atoms with Crippen LogP contribution in [0.5, 0.6) is 0 Å². The summed E-state index contributed by atoms with van der Waals surface area (Å²) in [5, 5.41) is 2.90. The Bertz CT molecular complexity index is 339. The first-order valence-corrected chi connectivity index (χ1v) is 6.93. The van der Waals surface area contributed by atoms with Crippen LogP contribution in [0.4, 0.5) is 0 Å². The third kappa shape index (κ3) is 4.46. The van der Waals surface area contributed by atoms with Gasteiger partial charge in [-0.2, -0.15) is 0 Å². The molecule has 0 radical (unpaired) electrons. The van der Waals surface area contributed by atoms with Gasteiger partial charge in [0.1, 0.15) is 5.69 Å². The Hall–Kier alpha value is -0.900. The molecule has 1 unspecified atom stereocenters. The molecule has 1 rings (SSSR count). The average molecular weight is 299 g/mol. The van der Waals surface area contributed by atoms with E-state index < -0.39 is 0 Å². The van der Waals surface area contributed by atoms with Crippen molar-refractivity contribution in [3.05, 3.63) is 30.1 Å². The maximum atomic E-state index is 11.8. The first kappa shape index (κ1) is 14.2. The van der Waals surface area contributed by atoms with Crippen LogP contribution >= 0.6 is 15.9 Å². The Balaban J connectivity index is 2.43. The standard InChI is InChI=1S/C13H19BrN2O/c1-3-10(4-2)11(14)9-16-13(17)12-7-5-6-8-15-12/h5-8,10-11H,3-4,9H2,1-2H3,(H,16,17). The number of pyridine rings is 1. The van der Waals surface area contributed by atoms with Crippen molar-refractivity contribution in [1.82, 2.24) is 10.3 Å². The molecule has 0 spiro atoms. The number of aromatic nitrogens is 1. The molecule has 0 aliphatic carbocycles. The second-order valence-electron chi connectivity index (χ2n) is 4.02. The molecule has 1 aromatic rings. The Morgan fingerprint density at radius 2 is 2.12 bits per heavy atom. The molecule has 1 heterocycles. The van der Waals surface area contributed by atoms with E-state index in [9.17, 15) is 4.79 Å². The number of alkyl halides is 1. The number of rotatable bonds is 6. The lowest BCUT2D eigenvalue weighted by Gasteiger charge is -2.19. The third-order valence-corrected chi connectivity index (χ3v) is 3.99. The second kappa shape index (κ2) is 7.43. The fraction of sp³-hybridized carbons (Fsp3) is 0.538. The number of hydrogen-bond acceptors (Lipinski definition) is 2. The van der Waals surface area contributed by atoms with E-state index in [2.05, 4.69) is 40.1 Å². The quantitative estimate of drug-likeness (QED) is 0.820. The van der Waals surface area contributed by atoms with Crippen LogP contribution in [0.1, 0.15) is 37.2 Å². The molecule has 0 bridgehead atoms. The monoisotopic (exact) mass is 298 g/mol. The SMILES string of the molecule is CCC(CC)C(Br)CNC(=O)c1ccccn1. The molecule has 0 saturated carbocycles. The third-order valence-electron chi connectivity index (χ3n) is 2.92. The Labute approximate surface area is 111 Å². The molecule has 94 valence electrons. The number of amides is 1. The molecule has 0 aliphatic heterocycles. The summed E-state index contributed by atoms with van der Waals surface area (Å²) in [5.41, 5.74) is 0.469. The zero-order chi connectivity index (χ0) is 12.7. The highest BCUT2D eigenvalue weighted by molar-refractivity contribution is 9.09. The van der Waals surface area contributed by atoms with Crippen LogP contribution in [0, 0.1) is 5.92 Å². The summed E-state index contributed by atoms with van der Waals surface area (Å²) >= 11 is 3.63. The molecule has 4 heteroatoms. The zero-order valence-electron chi connectivity index (χ0n) is 10.3. The molecular formula is C13H19BrN2O. The van der Waals surface area contributed by atoms with E-state index in [0.29, 0.717) is 23.0 Å². The zero-order valence-corrected chi connectivity index (χ0v) is 11.9. The van der Waals surface area contributed by atoms with E-state index in [1.165, 1.54) is 0 Å². The highest BCUT2D eigenvalue weighted by Crippen LogP contribution is 2.19. The molecule has 0 aromatic carbocycles. The normalized spacial score (nSPS) is 12.5. The minimum atomic E-state index is -0.110. The minimum Gasteiger partial charge on any atom is -0.350 e. The maximum Gasteiger partial charge on any atom is 0.269 e. The molecule has 0 fully saturated rings. The van der Waals surface area contributed by atoms with Crippen LogP contribution in [-0.2, 0) is 0 Å². The first-order chi connectivity index (χ1) is 8.19. The Morgan fingerprint density at radius 1 is 1.41 bits per heavy atom. The number of nitrogens with zero attached hydrogens (tertiary/aromatic N) is 1. The van der Waals surface area contributed by atoms with E-state index in [-0.39, 0.29) is 5.91 Å². The number of carbonyl (C=O) groups excluding carboxylic acids is 1. The van der Waals surface area contributed by atoms with Crippen LogP contribution in [0.3, 0.4) is 0 Å². The Morgan fingerprint density at radius 3 is 2.65 bits per heavy atom. The second-order valence-corrected chi connectivity index (χ2v) is 5.19. The summed E-state index contributed by atoms with van der Waals surface area (Å²) in [7, 11) is 0. The molecule has 3 nitrogen and oxygen atoms in total. The lowest BCUT2D eigenvalue weighted by molar-refractivity contribution is 0.0947. The van der Waals surface area contributed by atoms with Crippen LogP contribution in [0.2, 0.25) is 0 Å². The largest absolute Gasteiger partial charge is 0.350 e. The lowest BCUT2D eigenvalue weighted by Crippen LogP contribution is -2.33. The van der Waals surface area contributed by atoms with Crippen molar-refractivity contribution in [3.8, 4) is 0 Å². The highest BCUT2D eigenvalue weighted by atomic mass is 79.9. The van der Waals surface area contributed by atoms with Gasteiger partial charge in [0, 0.05) is 17.6 Å². The highest BCUT2D eigenvalue weighted by Gasteiger charge is 2.16. The summed E-state index contributed by atoms with van der Waals surface area (Å²) in [6.07, 6.45) is 3.86. The number of nitrogens with one attached hydrogen (secondary N) is 1. The molecule has 1 amide bonds. The number of carbonyl (C=O) groups is 1.